The first-order chi connectivity index (χ1) is 14.0. The van der Waals surface area contributed by atoms with Gasteiger partial charge in [0.25, 0.3) is 11.8 Å². The second kappa shape index (κ2) is 7.87. The summed E-state index contributed by atoms with van der Waals surface area (Å²) < 4.78 is 0. The lowest BCUT2D eigenvalue weighted by molar-refractivity contribution is 0.0984. The van der Waals surface area contributed by atoms with Crippen LogP contribution in [0.4, 0.5) is 11.4 Å². The summed E-state index contributed by atoms with van der Waals surface area (Å²) in [4.78, 5) is 31.8. The topological polar surface area (TPSA) is 62.3 Å². The first kappa shape index (κ1) is 18.9. The van der Waals surface area contributed by atoms with Gasteiger partial charge in [-0.3, -0.25) is 14.6 Å². The first-order valence-corrected chi connectivity index (χ1v) is 9.80. The van der Waals surface area contributed by atoms with E-state index in [1.54, 1.807) is 17.0 Å². The third kappa shape index (κ3) is 3.76. The Hall–Kier alpha value is -3.47. The second-order valence-corrected chi connectivity index (χ2v) is 7.46. The quantitative estimate of drug-likeness (QED) is 0.710. The number of hydrogen-bond acceptors (Lipinski definition) is 3. The zero-order valence-electron chi connectivity index (χ0n) is 16.6. The van der Waals surface area contributed by atoms with Crippen LogP contribution in [0, 0.1) is 0 Å². The zero-order valence-corrected chi connectivity index (χ0v) is 16.6. The maximum absolute atomic E-state index is 13.0. The maximum Gasteiger partial charge on any atom is 0.276 e. The van der Waals surface area contributed by atoms with Crippen LogP contribution in [0.15, 0.2) is 66.9 Å². The fraction of sp³-hybridized carbons (Fsp3) is 0.208. The molecule has 0 saturated heterocycles. The van der Waals surface area contributed by atoms with E-state index < -0.39 is 0 Å². The Kier molecular flexibility index (Phi) is 5.12. The minimum Gasteiger partial charge on any atom is -0.322 e. The standard InChI is InChI=1S/C24H23N3O2/c1-16(2)19-8-4-5-9-20(19)26-23(28)18-11-13-25-21(15-18)24(29)27-14-12-17-7-3-6-10-22(17)27/h3-11,13,15-16H,12,14H2,1-2H3,(H,26,28). The predicted octanol–water partition coefficient (Wildman–Crippen LogP) is 4.66. The number of anilines is 2. The van der Waals surface area contributed by atoms with Crippen molar-refractivity contribution in [2.75, 3.05) is 16.8 Å². The molecule has 29 heavy (non-hydrogen) atoms. The predicted molar refractivity (Wildman–Crippen MR) is 115 cm³/mol. The van der Waals surface area contributed by atoms with Gasteiger partial charge >= 0.3 is 0 Å². The molecule has 5 heteroatoms. The summed E-state index contributed by atoms with van der Waals surface area (Å²) >= 11 is 0. The van der Waals surface area contributed by atoms with Crippen LogP contribution in [0.3, 0.4) is 0 Å². The van der Waals surface area contributed by atoms with Gasteiger partial charge in [0.1, 0.15) is 5.69 Å². The highest BCUT2D eigenvalue weighted by molar-refractivity contribution is 6.09. The van der Waals surface area contributed by atoms with Crippen molar-refractivity contribution in [3.05, 3.63) is 89.2 Å². The van der Waals surface area contributed by atoms with E-state index in [0.717, 1.165) is 28.9 Å². The fourth-order valence-electron chi connectivity index (χ4n) is 3.68. The van der Waals surface area contributed by atoms with Crippen molar-refractivity contribution in [3.63, 3.8) is 0 Å². The van der Waals surface area contributed by atoms with Crippen LogP contribution in [0.1, 0.15) is 51.7 Å². The lowest BCUT2D eigenvalue weighted by Crippen LogP contribution is -2.30. The largest absolute Gasteiger partial charge is 0.322 e. The number of carbonyl (C=O) groups excluding carboxylic acids is 2. The van der Waals surface area contributed by atoms with Crippen molar-refractivity contribution in [2.24, 2.45) is 0 Å². The average Bonchev–Trinajstić information content (AvgIpc) is 3.17. The van der Waals surface area contributed by atoms with E-state index in [1.165, 1.54) is 6.20 Å². The molecule has 2 heterocycles. The Morgan fingerprint density at radius 1 is 1.03 bits per heavy atom. The Labute approximate surface area is 170 Å². The highest BCUT2D eigenvalue weighted by atomic mass is 16.2. The van der Waals surface area contributed by atoms with Crippen LogP contribution in [0.25, 0.3) is 0 Å². The average molecular weight is 385 g/mol. The Morgan fingerprint density at radius 2 is 1.79 bits per heavy atom. The normalized spacial score (nSPS) is 12.7. The zero-order chi connectivity index (χ0) is 20.4. The SMILES string of the molecule is CC(C)c1ccccc1NC(=O)c1ccnc(C(=O)N2CCc3ccccc32)c1. The van der Waals surface area contributed by atoms with Gasteiger partial charge in [-0.2, -0.15) is 0 Å². The van der Waals surface area contributed by atoms with Crippen LogP contribution >= 0.6 is 0 Å². The molecule has 1 N–H and O–H groups in total. The van der Waals surface area contributed by atoms with E-state index in [9.17, 15) is 9.59 Å². The molecule has 0 spiro atoms. The molecule has 0 aliphatic carbocycles. The lowest BCUT2D eigenvalue weighted by Gasteiger charge is -2.17. The fourth-order valence-corrected chi connectivity index (χ4v) is 3.68. The molecule has 1 aliphatic rings. The second-order valence-electron chi connectivity index (χ2n) is 7.46. The third-order valence-electron chi connectivity index (χ3n) is 5.20. The van der Waals surface area contributed by atoms with Crippen LogP contribution in [0.5, 0.6) is 0 Å². The summed E-state index contributed by atoms with van der Waals surface area (Å²) in [5, 5.41) is 2.97. The molecule has 146 valence electrons. The number of benzene rings is 2. The van der Waals surface area contributed by atoms with Crippen molar-refractivity contribution >= 4 is 23.2 Å². The summed E-state index contributed by atoms with van der Waals surface area (Å²) in [6.45, 7) is 4.79. The van der Waals surface area contributed by atoms with Gasteiger partial charge in [0, 0.05) is 29.7 Å². The summed E-state index contributed by atoms with van der Waals surface area (Å²) in [5.41, 5.74) is 4.60. The Balaban J connectivity index is 1.57. The molecule has 0 unspecified atom stereocenters. The maximum atomic E-state index is 13.0. The van der Waals surface area contributed by atoms with E-state index >= 15 is 0 Å². The molecule has 5 nitrogen and oxygen atoms in total. The van der Waals surface area contributed by atoms with Gasteiger partial charge in [-0.1, -0.05) is 50.2 Å². The van der Waals surface area contributed by atoms with Crippen molar-refractivity contribution in [3.8, 4) is 0 Å². The summed E-state index contributed by atoms with van der Waals surface area (Å²) in [6, 6.07) is 18.8. The minimum absolute atomic E-state index is 0.188. The molecule has 1 aromatic heterocycles. The molecule has 2 amide bonds. The van der Waals surface area contributed by atoms with Crippen LogP contribution < -0.4 is 10.2 Å². The molecule has 0 radical (unpaired) electrons. The third-order valence-corrected chi connectivity index (χ3v) is 5.20. The molecule has 0 saturated carbocycles. The number of nitrogens with one attached hydrogen (secondary N) is 1. The van der Waals surface area contributed by atoms with Gasteiger partial charge in [-0.05, 0) is 47.7 Å². The van der Waals surface area contributed by atoms with E-state index in [1.807, 2.05) is 48.5 Å². The number of pyridine rings is 1. The van der Waals surface area contributed by atoms with Crippen LogP contribution in [-0.2, 0) is 6.42 Å². The smallest absolute Gasteiger partial charge is 0.276 e. The van der Waals surface area contributed by atoms with Gasteiger partial charge in [-0.15, -0.1) is 0 Å². The molecule has 3 aromatic rings. The lowest BCUT2D eigenvalue weighted by atomic mass is 10.0. The van der Waals surface area contributed by atoms with Crippen molar-refractivity contribution in [1.29, 1.82) is 0 Å². The van der Waals surface area contributed by atoms with E-state index in [4.69, 9.17) is 0 Å². The highest BCUT2D eigenvalue weighted by Gasteiger charge is 2.26. The van der Waals surface area contributed by atoms with Gasteiger partial charge in [-0.25, -0.2) is 0 Å². The molecule has 2 aromatic carbocycles. The van der Waals surface area contributed by atoms with Crippen molar-refractivity contribution in [1.82, 2.24) is 4.98 Å². The first-order valence-electron chi connectivity index (χ1n) is 9.80. The summed E-state index contributed by atoms with van der Waals surface area (Å²) in [5.74, 6) is -0.153. The number of fused-ring (bicyclic) bond motifs is 1. The number of aromatic nitrogens is 1. The van der Waals surface area contributed by atoms with Crippen molar-refractivity contribution in [2.45, 2.75) is 26.2 Å². The van der Waals surface area contributed by atoms with Gasteiger partial charge < -0.3 is 10.2 Å². The van der Waals surface area contributed by atoms with Gasteiger partial charge in [0.05, 0.1) is 0 Å². The van der Waals surface area contributed by atoms with E-state index in [-0.39, 0.29) is 23.4 Å². The van der Waals surface area contributed by atoms with Gasteiger partial charge in [0.2, 0.25) is 0 Å². The number of hydrogen-bond donors (Lipinski definition) is 1. The molecule has 1 aliphatic heterocycles. The van der Waals surface area contributed by atoms with Crippen molar-refractivity contribution < 1.29 is 9.59 Å². The van der Waals surface area contributed by atoms with E-state index in [0.29, 0.717) is 12.1 Å². The monoisotopic (exact) mass is 385 g/mol. The Morgan fingerprint density at radius 3 is 2.62 bits per heavy atom. The van der Waals surface area contributed by atoms with Crippen LogP contribution in [-0.4, -0.2) is 23.3 Å². The Bertz CT molecular complexity index is 1070. The molecular weight excluding hydrogens is 362 g/mol. The molecule has 0 fully saturated rings. The van der Waals surface area contributed by atoms with Crippen LogP contribution in [0.2, 0.25) is 0 Å². The number of amides is 2. The number of carbonyl (C=O) groups is 2. The number of para-hydroxylation sites is 2. The minimum atomic E-state index is -0.253. The molecular formula is C24H23N3O2. The van der Waals surface area contributed by atoms with Gasteiger partial charge in [0.15, 0.2) is 0 Å². The highest BCUT2D eigenvalue weighted by Crippen LogP contribution is 2.29. The molecule has 0 bridgehead atoms. The van der Waals surface area contributed by atoms with E-state index in [2.05, 4.69) is 24.1 Å². The summed E-state index contributed by atoms with van der Waals surface area (Å²) in [6.07, 6.45) is 2.34. The molecule has 0 atom stereocenters. The molecule has 4 rings (SSSR count). The number of rotatable bonds is 4. The number of nitrogens with zero attached hydrogens (tertiary/aromatic N) is 2. The summed E-state index contributed by atoms with van der Waals surface area (Å²) in [7, 11) is 0.